The molecule has 24 heteroatoms. The molecule has 2 saturated carbocycles. The maximum Gasteiger partial charge on any atom is 0.193 e. The van der Waals surface area contributed by atoms with Gasteiger partial charge in [0.2, 0.25) is 0 Å². The van der Waals surface area contributed by atoms with Crippen LogP contribution in [0.4, 0.5) is 0 Å². The van der Waals surface area contributed by atoms with E-state index in [-0.39, 0.29) is 56.0 Å². The van der Waals surface area contributed by atoms with Gasteiger partial charge in [-0.3, -0.25) is 14.7 Å². The van der Waals surface area contributed by atoms with Gasteiger partial charge in [-0.05, 0) is 434 Å². The Morgan fingerprint density at radius 2 is 0.536 bits per heavy atom. The number of rotatable bonds is 24. The third-order valence-corrected chi connectivity index (χ3v) is 26.6. The van der Waals surface area contributed by atoms with Crippen molar-refractivity contribution in [3.05, 3.63) is 35.6 Å². The van der Waals surface area contributed by atoms with Gasteiger partial charge in [-0.15, -0.1) is 11.3 Å². The Kier molecular flexibility index (Phi) is 67.3. The predicted octanol–water partition coefficient (Wildman–Crippen LogP) is 23.0. The highest BCUT2D eigenvalue weighted by Gasteiger charge is 2.29. The number of likely N-dealkylation sites (N-methyl/N-ethyl adjacent to an activating group) is 2. The second-order valence-electron chi connectivity index (χ2n) is 52.1. The van der Waals surface area contributed by atoms with E-state index in [2.05, 4.69) is 323 Å². The number of hydrogen-bond acceptors (Lipinski definition) is 23. The fraction of sp³-hybridized carbons (Fsp3) is 0.940. The molecular weight excluding hydrogens is 1770 g/mol. The van der Waals surface area contributed by atoms with Gasteiger partial charge in [0.15, 0.2) is 5.13 Å². The monoisotopic (exact) mass is 2000 g/mol. The van der Waals surface area contributed by atoms with E-state index < -0.39 is 0 Å². The van der Waals surface area contributed by atoms with Crippen LogP contribution in [0.25, 0.3) is 5.13 Å². The Hall–Kier alpha value is -1.93. The van der Waals surface area contributed by atoms with Crippen LogP contribution in [0.15, 0.2) is 29.9 Å². The molecule has 0 radical (unpaired) electrons. The Morgan fingerprint density at radius 1 is 0.286 bits per heavy atom. The van der Waals surface area contributed by atoms with Gasteiger partial charge in [-0.25, -0.2) is 4.98 Å². The lowest BCUT2D eigenvalue weighted by atomic mass is 9.90. The Balaban J connectivity index is 0.000000521. The van der Waals surface area contributed by atoms with Crippen LogP contribution in [0, 0.1) is 23.7 Å². The summed E-state index contributed by atoms with van der Waals surface area (Å²) in [5.41, 5.74) is 1.44. The van der Waals surface area contributed by atoms with E-state index in [1.54, 1.807) is 11.3 Å². The van der Waals surface area contributed by atoms with Crippen molar-refractivity contribution >= 4 is 11.3 Å². The van der Waals surface area contributed by atoms with E-state index in [9.17, 15) is 0 Å². The van der Waals surface area contributed by atoms with Gasteiger partial charge < -0.3 is 91.0 Å². The van der Waals surface area contributed by atoms with Crippen LogP contribution in [0.1, 0.15) is 362 Å². The number of likely N-dealkylation sites (tertiary alicyclic amines) is 5. The maximum atomic E-state index is 5.90. The topological polar surface area (TPSA) is 152 Å². The first-order valence-electron chi connectivity index (χ1n) is 56.1. The first kappa shape index (κ1) is 134. The Labute approximate surface area is 870 Å². The van der Waals surface area contributed by atoms with E-state index in [4.69, 9.17) is 52.1 Å². The van der Waals surface area contributed by atoms with Crippen molar-refractivity contribution in [2.24, 2.45) is 23.7 Å². The number of thiazole rings is 1. The second kappa shape index (κ2) is 70.2. The summed E-state index contributed by atoms with van der Waals surface area (Å²) >= 11 is 1.69. The minimum absolute atomic E-state index is 0.00653. The van der Waals surface area contributed by atoms with E-state index >= 15 is 0 Å². The molecule has 8 aliphatic heterocycles. The van der Waals surface area contributed by atoms with Crippen LogP contribution in [0.5, 0.6) is 0 Å². The zero-order valence-electron chi connectivity index (χ0n) is 99.4. The lowest BCUT2D eigenvalue weighted by Gasteiger charge is -2.33. The quantitative estimate of drug-likeness (QED) is 0.0979. The van der Waals surface area contributed by atoms with Gasteiger partial charge in [0.05, 0.1) is 140 Å². The average Bonchev–Trinajstić information content (AvgIpc) is 1.69. The fourth-order valence-electron chi connectivity index (χ4n) is 16.8. The van der Waals surface area contributed by atoms with Crippen LogP contribution in [-0.4, -0.2) is 392 Å². The van der Waals surface area contributed by atoms with Crippen molar-refractivity contribution in [2.75, 3.05) is 265 Å². The molecule has 0 unspecified atom stereocenters. The maximum absolute atomic E-state index is 5.90. The molecule has 10 fully saturated rings. The molecule has 10 heterocycles. The van der Waals surface area contributed by atoms with E-state index in [1.165, 1.54) is 252 Å². The molecule has 8 saturated heterocycles. The van der Waals surface area contributed by atoms with Crippen molar-refractivity contribution in [3.8, 4) is 5.13 Å². The van der Waals surface area contributed by atoms with Gasteiger partial charge >= 0.3 is 0 Å². The first-order valence-corrected chi connectivity index (χ1v) is 56.9. The van der Waals surface area contributed by atoms with Crippen LogP contribution >= 0.6 is 11.3 Å². The molecule has 2 aliphatic carbocycles. The van der Waals surface area contributed by atoms with Gasteiger partial charge in [0.1, 0.15) is 0 Å². The zero-order chi connectivity index (χ0) is 105. The third-order valence-electron chi connectivity index (χ3n) is 25.7. The summed E-state index contributed by atoms with van der Waals surface area (Å²) in [7, 11) is 13.1. The van der Waals surface area contributed by atoms with E-state index in [0.29, 0.717) is 18.1 Å². The lowest BCUT2D eigenvalue weighted by Crippen LogP contribution is -2.45. The SMILES string of the molecule is CC(C)(C)OC1CCCCC1.CC(C)(C)OCC1CCCCC1.CC(C)(C)OCCN1CCCC1.CC(C)(C)OCCN1CCOCC1.CC(C)c1csc(-n2cccc2)n1.CN1CCC(COC(C)(C)C)CC1.CN1CCC(COC(C)(C)C)CC1.CN1CCC(COC(C)(C)C)CC1.CN1CCC(OC(C)(C)C)CC1.CN1CCN(CCOC(C)(C)C)CC1.CN1CCN(CCOC(C)(C)C)CC1. The number of morpholine rings is 1. The Bertz CT molecular complexity index is 3050. The van der Waals surface area contributed by atoms with Gasteiger partial charge in [0, 0.05) is 122 Å². The van der Waals surface area contributed by atoms with Gasteiger partial charge in [-0.2, -0.15) is 0 Å². The lowest BCUT2D eigenvalue weighted by molar-refractivity contribution is -0.0801. The van der Waals surface area contributed by atoms with Crippen molar-refractivity contribution in [1.82, 2.24) is 58.6 Å². The summed E-state index contributed by atoms with van der Waals surface area (Å²) in [6, 6.07) is 4.02. The molecule has 2 aromatic rings. The van der Waals surface area contributed by atoms with Crippen LogP contribution in [0.3, 0.4) is 0 Å². The first-order chi connectivity index (χ1) is 64.9. The van der Waals surface area contributed by atoms with Crippen molar-refractivity contribution in [1.29, 1.82) is 0 Å². The van der Waals surface area contributed by atoms with Crippen molar-refractivity contribution in [3.63, 3.8) is 0 Å². The Morgan fingerprint density at radius 3 is 0.807 bits per heavy atom. The number of piperazine rings is 2. The summed E-state index contributed by atoms with van der Waals surface area (Å²) in [4.78, 5) is 28.7. The highest BCUT2D eigenvalue weighted by atomic mass is 32.1. The predicted molar refractivity (Wildman–Crippen MR) is 598 cm³/mol. The van der Waals surface area contributed by atoms with E-state index in [1.807, 2.05) is 29.1 Å². The molecule has 140 heavy (non-hydrogen) atoms. The molecule has 0 N–H and O–H groups in total. The van der Waals surface area contributed by atoms with Crippen LogP contribution in [-0.2, 0) is 52.1 Å². The molecule has 0 atom stereocenters. The molecule has 0 aromatic carbocycles. The molecular formula is C116H234N12O11S. The van der Waals surface area contributed by atoms with Crippen molar-refractivity contribution < 1.29 is 52.1 Å². The fourth-order valence-corrected chi connectivity index (χ4v) is 17.8. The molecule has 0 spiro atoms. The summed E-state index contributed by atoms with van der Waals surface area (Å²) in [5.74, 6) is 3.72. The highest BCUT2D eigenvalue weighted by Crippen LogP contribution is 2.30. The molecule has 830 valence electrons. The number of ether oxygens (including phenoxy) is 11. The molecule has 23 nitrogen and oxygen atoms in total. The smallest absolute Gasteiger partial charge is 0.193 e. The molecule has 0 bridgehead atoms. The minimum Gasteiger partial charge on any atom is -0.379 e. The number of aromatic nitrogens is 2. The van der Waals surface area contributed by atoms with Gasteiger partial charge in [0.25, 0.3) is 0 Å². The number of hydrogen-bond donors (Lipinski definition) is 0. The largest absolute Gasteiger partial charge is 0.379 e. The molecule has 2 aromatic heterocycles. The second-order valence-corrected chi connectivity index (χ2v) is 52.9. The number of nitrogens with zero attached hydrogens (tertiary/aromatic N) is 12. The summed E-state index contributed by atoms with van der Waals surface area (Å²) in [6.45, 7) is 105. The standard InChI is InChI=1S/2C11H24N2O.3C11H23NO.C11H22O.C10H12N2S.C10H21NO2.2C10H21NO.C10H20O/c2*1-11(2,3)14-10-9-13-7-5-12(4)6-8-13;3*1-11(2,3)13-9-10-5-7-12(4)8-6-10;1-11(2,3)12-9-10-7-5-4-6-8-10;1-8(2)9-7-13-10(11-9)12-5-3-4-6-12;1-10(2,3)13-9-6-11-4-7-12-8-5-11;1-10(2,3)12-9-5-7-11(4)8-6-9;1-10(2,3)12-9-8-11-6-4-5-7-11;1-10(2,3)11-9-7-5-4-6-8-9/h2*5-10H2,1-4H3;3*10H,5-9H2,1-4H3;10H,4-9H2,1-3H3;3-8H,1-2H3;4-9H2,1-3H3;9H,5-8H2,1-4H3;4-9H2,1-3H3;9H,4-8H2,1-3H3. The minimum atomic E-state index is -0.00765. The summed E-state index contributed by atoms with van der Waals surface area (Å²) in [5, 5.41) is 3.17. The highest BCUT2D eigenvalue weighted by molar-refractivity contribution is 7.12. The number of piperidine rings is 4. The van der Waals surface area contributed by atoms with Gasteiger partial charge in [-0.1, -0.05) is 52.4 Å². The molecule has 10 aliphatic rings. The summed E-state index contributed by atoms with van der Waals surface area (Å²) in [6.07, 6.45) is 31.7. The van der Waals surface area contributed by atoms with Crippen LogP contribution < -0.4 is 0 Å². The normalized spacial score (nSPS) is 20.6. The third kappa shape index (κ3) is 81.0. The van der Waals surface area contributed by atoms with E-state index in [0.717, 1.165) is 134 Å². The zero-order valence-corrected chi connectivity index (χ0v) is 100. The average molecular weight is 2010 g/mol. The van der Waals surface area contributed by atoms with Crippen LogP contribution in [0.2, 0.25) is 0 Å². The molecule has 0 amide bonds. The van der Waals surface area contributed by atoms with Crippen molar-refractivity contribution in [2.45, 2.75) is 424 Å². The summed E-state index contributed by atoms with van der Waals surface area (Å²) < 4.78 is 64.9. The molecule has 12 rings (SSSR count).